The van der Waals surface area contributed by atoms with E-state index >= 15 is 0 Å². The second-order valence-electron chi connectivity index (χ2n) is 9.94. The van der Waals surface area contributed by atoms with Gasteiger partial charge in [-0.25, -0.2) is 0 Å². The van der Waals surface area contributed by atoms with Gasteiger partial charge in [0, 0.05) is 6.42 Å². The van der Waals surface area contributed by atoms with Crippen LogP contribution in [0.5, 0.6) is 0 Å². The van der Waals surface area contributed by atoms with Crippen molar-refractivity contribution in [2.75, 3.05) is 6.61 Å². The first-order chi connectivity index (χ1) is 17.1. The molecular weight excluding hydrogens is 438 g/mol. The summed E-state index contributed by atoms with van der Waals surface area (Å²) in [7, 11) is 0. The van der Waals surface area contributed by atoms with Crippen LogP contribution in [0.4, 0.5) is 0 Å². The van der Waals surface area contributed by atoms with Gasteiger partial charge in [0.15, 0.2) is 0 Å². The van der Waals surface area contributed by atoms with Crippen molar-refractivity contribution < 1.29 is 20.1 Å². The minimum atomic E-state index is -1.16. The van der Waals surface area contributed by atoms with E-state index in [0.717, 1.165) is 38.5 Å². The fourth-order valence-electron chi connectivity index (χ4n) is 4.16. The smallest absolute Gasteiger partial charge is 0.220 e. The van der Waals surface area contributed by atoms with Gasteiger partial charge in [-0.3, -0.25) is 4.79 Å². The lowest BCUT2D eigenvalue weighted by Crippen LogP contribution is -2.50. The molecule has 35 heavy (non-hydrogen) atoms. The summed E-state index contributed by atoms with van der Waals surface area (Å²) in [5, 5.41) is 32.9. The number of amides is 1. The van der Waals surface area contributed by atoms with E-state index in [-0.39, 0.29) is 12.5 Å². The third-order valence-corrected chi connectivity index (χ3v) is 6.53. The molecule has 0 rings (SSSR count). The lowest BCUT2D eigenvalue weighted by Gasteiger charge is -2.26. The Hall–Kier alpha value is -1.17. The number of unbranched alkanes of at least 4 members (excludes halogenated alkanes) is 13. The van der Waals surface area contributed by atoms with Gasteiger partial charge < -0.3 is 20.6 Å². The van der Waals surface area contributed by atoms with E-state index in [2.05, 4.69) is 43.5 Å². The maximum Gasteiger partial charge on any atom is 0.220 e. The fourth-order valence-corrected chi connectivity index (χ4v) is 4.16. The van der Waals surface area contributed by atoms with Gasteiger partial charge in [-0.1, -0.05) is 95.9 Å². The van der Waals surface area contributed by atoms with Crippen LogP contribution in [0.25, 0.3) is 0 Å². The van der Waals surface area contributed by atoms with E-state index in [4.69, 9.17) is 0 Å². The van der Waals surface area contributed by atoms with Crippen molar-refractivity contribution in [2.24, 2.45) is 0 Å². The topological polar surface area (TPSA) is 89.8 Å². The molecule has 0 radical (unpaired) electrons. The number of carbonyl (C=O) groups excluding carboxylic acids is 1. The van der Waals surface area contributed by atoms with Gasteiger partial charge in [0.2, 0.25) is 5.91 Å². The van der Waals surface area contributed by atoms with Crippen molar-refractivity contribution in [3.05, 3.63) is 24.3 Å². The number of aliphatic hydroxyl groups is 3. The molecule has 0 aromatic heterocycles. The van der Waals surface area contributed by atoms with E-state index in [0.29, 0.717) is 12.8 Å². The molecule has 0 spiro atoms. The van der Waals surface area contributed by atoms with Gasteiger partial charge in [-0.15, -0.1) is 0 Å². The molecule has 0 aliphatic heterocycles. The van der Waals surface area contributed by atoms with Crippen LogP contribution < -0.4 is 5.32 Å². The molecule has 0 bridgehead atoms. The van der Waals surface area contributed by atoms with Crippen LogP contribution in [0, 0.1) is 0 Å². The summed E-state index contributed by atoms with van der Waals surface area (Å²) < 4.78 is 0. The summed E-state index contributed by atoms with van der Waals surface area (Å²) in [5.41, 5.74) is 0. The number of hydrogen-bond donors (Lipinski definition) is 4. The Morgan fingerprint density at radius 3 is 1.69 bits per heavy atom. The molecule has 5 nitrogen and oxygen atoms in total. The Balaban J connectivity index is 3.89. The Bertz CT molecular complexity index is 520. The molecule has 1 amide bonds. The van der Waals surface area contributed by atoms with Crippen LogP contribution in [0.1, 0.15) is 136 Å². The second-order valence-corrected chi connectivity index (χ2v) is 9.94. The van der Waals surface area contributed by atoms with Gasteiger partial charge in [0.05, 0.1) is 18.8 Å². The van der Waals surface area contributed by atoms with Crippen LogP contribution in [0.3, 0.4) is 0 Å². The minimum Gasteiger partial charge on any atom is -0.394 e. The van der Waals surface area contributed by atoms with Crippen LogP contribution in [-0.2, 0) is 4.79 Å². The highest BCUT2D eigenvalue weighted by Gasteiger charge is 2.26. The number of carbonyl (C=O) groups is 1. The first-order valence-corrected chi connectivity index (χ1v) is 14.6. The molecule has 5 heteroatoms. The molecule has 0 heterocycles. The molecular formula is C30H57NO4. The van der Waals surface area contributed by atoms with Crippen molar-refractivity contribution >= 4 is 5.91 Å². The zero-order chi connectivity index (χ0) is 26.0. The van der Waals surface area contributed by atoms with Gasteiger partial charge in [-0.2, -0.15) is 0 Å². The number of allylic oxidation sites excluding steroid dienone is 4. The first kappa shape index (κ1) is 33.8. The summed E-state index contributed by atoms with van der Waals surface area (Å²) in [6.07, 6.45) is 27.0. The SMILES string of the molecule is CCCCCC/C=C\CCCC(=O)NC(CO)C(O)C(O)CCC/C=C/CCCCCCCCC. The molecule has 0 aliphatic carbocycles. The van der Waals surface area contributed by atoms with E-state index in [9.17, 15) is 20.1 Å². The maximum atomic E-state index is 12.2. The Morgan fingerprint density at radius 1 is 0.686 bits per heavy atom. The summed E-state index contributed by atoms with van der Waals surface area (Å²) in [5.74, 6) is -0.194. The predicted molar refractivity (Wildman–Crippen MR) is 148 cm³/mol. The molecule has 0 saturated carbocycles. The van der Waals surface area contributed by atoms with Gasteiger partial charge >= 0.3 is 0 Å². The number of nitrogens with one attached hydrogen (secondary N) is 1. The normalized spacial score (nSPS) is 14.5. The molecule has 3 atom stereocenters. The highest BCUT2D eigenvalue weighted by molar-refractivity contribution is 5.76. The molecule has 3 unspecified atom stereocenters. The highest BCUT2D eigenvalue weighted by atomic mass is 16.3. The maximum absolute atomic E-state index is 12.2. The van der Waals surface area contributed by atoms with Crippen LogP contribution in [0.15, 0.2) is 24.3 Å². The largest absolute Gasteiger partial charge is 0.394 e. The predicted octanol–water partition coefficient (Wildman–Crippen LogP) is 6.75. The monoisotopic (exact) mass is 495 g/mol. The minimum absolute atomic E-state index is 0.194. The van der Waals surface area contributed by atoms with Crippen molar-refractivity contribution in [1.82, 2.24) is 5.32 Å². The summed E-state index contributed by atoms with van der Waals surface area (Å²) >= 11 is 0. The third kappa shape index (κ3) is 21.8. The van der Waals surface area contributed by atoms with Crippen molar-refractivity contribution in [1.29, 1.82) is 0 Å². The van der Waals surface area contributed by atoms with E-state index in [1.807, 2.05) is 0 Å². The van der Waals surface area contributed by atoms with E-state index < -0.39 is 18.2 Å². The molecule has 4 N–H and O–H groups in total. The number of aliphatic hydroxyl groups excluding tert-OH is 3. The zero-order valence-corrected chi connectivity index (χ0v) is 22.9. The van der Waals surface area contributed by atoms with Gasteiger partial charge in [0.25, 0.3) is 0 Å². The third-order valence-electron chi connectivity index (χ3n) is 6.53. The van der Waals surface area contributed by atoms with Crippen molar-refractivity contribution in [2.45, 2.75) is 154 Å². The lowest BCUT2D eigenvalue weighted by atomic mass is 10.0. The van der Waals surface area contributed by atoms with Gasteiger partial charge in [0.1, 0.15) is 6.10 Å². The summed E-state index contributed by atoms with van der Waals surface area (Å²) in [6.45, 7) is 4.06. The Morgan fingerprint density at radius 2 is 1.14 bits per heavy atom. The highest BCUT2D eigenvalue weighted by Crippen LogP contribution is 2.12. The fraction of sp³-hybridized carbons (Fsp3) is 0.833. The van der Waals surface area contributed by atoms with Crippen molar-refractivity contribution in [3.8, 4) is 0 Å². The second kappa shape index (κ2) is 25.9. The van der Waals surface area contributed by atoms with Gasteiger partial charge in [-0.05, 0) is 57.8 Å². The first-order valence-electron chi connectivity index (χ1n) is 14.6. The van der Waals surface area contributed by atoms with Crippen LogP contribution >= 0.6 is 0 Å². The Labute approximate surface area is 216 Å². The Kier molecular flexibility index (Phi) is 25.0. The van der Waals surface area contributed by atoms with Crippen molar-refractivity contribution in [3.63, 3.8) is 0 Å². The van der Waals surface area contributed by atoms with Crippen LogP contribution in [-0.4, -0.2) is 46.1 Å². The average Bonchev–Trinajstić information content (AvgIpc) is 2.86. The zero-order valence-electron chi connectivity index (χ0n) is 22.9. The molecule has 206 valence electrons. The molecule has 0 saturated heterocycles. The number of hydrogen-bond acceptors (Lipinski definition) is 4. The van der Waals surface area contributed by atoms with Crippen LogP contribution in [0.2, 0.25) is 0 Å². The average molecular weight is 496 g/mol. The van der Waals surface area contributed by atoms with E-state index in [1.165, 1.54) is 70.6 Å². The molecule has 0 aromatic rings. The summed E-state index contributed by atoms with van der Waals surface area (Å²) in [6, 6.07) is -0.834. The molecule has 0 aliphatic rings. The molecule has 0 aromatic carbocycles. The van der Waals surface area contributed by atoms with E-state index in [1.54, 1.807) is 0 Å². The summed E-state index contributed by atoms with van der Waals surface area (Å²) in [4.78, 5) is 12.2. The standard InChI is InChI=1S/C30H57NO4/c1-3-5-7-9-11-13-14-15-17-18-20-22-24-28(33)30(35)27(26-32)31-29(34)25-23-21-19-16-12-10-8-6-4-2/h16-19,27-28,30,32-33,35H,3-15,20-26H2,1-2H3,(H,31,34)/b18-17+,19-16-. The quantitative estimate of drug-likeness (QED) is 0.0833. The molecule has 0 fully saturated rings. The number of rotatable bonds is 25. The lowest BCUT2D eigenvalue weighted by molar-refractivity contribution is -0.124.